The van der Waals surface area contributed by atoms with Gasteiger partial charge in [-0.3, -0.25) is 9.47 Å². The molecule has 0 saturated heterocycles. The Balaban J connectivity index is 1.66. The molecule has 0 spiro atoms. The van der Waals surface area contributed by atoms with Crippen molar-refractivity contribution >= 4 is 33.6 Å². The number of carbonyl (C=O) groups excluding carboxylic acids is 1. The molecular formula is C21H22BrN5O. The molecule has 6 nitrogen and oxygen atoms in total. The number of hydrogen-bond donors (Lipinski definition) is 1. The molecule has 0 aliphatic carbocycles. The summed E-state index contributed by atoms with van der Waals surface area (Å²) in [5.41, 5.74) is 1.78. The first kappa shape index (κ1) is 18.7. The molecule has 0 unspecified atom stereocenters. The molecule has 144 valence electrons. The van der Waals surface area contributed by atoms with Gasteiger partial charge in [-0.15, -0.1) is 10.2 Å². The van der Waals surface area contributed by atoms with Crippen molar-refractivity contribution in [1.82, 2.24) is 14.8 Å². The standard InChI is InChI=1S/C21H22BrN5O/c22-17-12-10-16(11-13-17)15-27(21(28)23-18-7-3-1-4-8-18)20-25-24-19-9-5-2-6-14-26(19)20/h1,3-4,7-8,10-13H,2,5-6,9,14-15H2,(H,23,28). The first-order valence-electron chi connectivity index (χ1n) is 9.51. The van der Waals surface area contributed by atoms with Crippen molar-refractivity contribution in [3.63, 3.8) is 0 Å². The van der Waals surface area contributed by atoms with Gasteiger partial charge >= 0.3 is 6.03 Å². The SMILES string of the molecule is O=C(Nc1ccccc1)N(Cc1ccc(Br)cc1)c1nnc2n1CCCCC2. The molecule has 0 radical (unpaired) electrons. The molecule has 0 saturated carbocycles. The number of halogens is 1. The molecule has 3 aromatic rings. The fourth-order valence-corrected chi connectivity index (χ4v) is 3.65. The van der Waals surface area contributed by atoms with E-state index in [0.717, 1.165) is 47.4 Å². The fourth-order valence-electron chi connectivity index (χ4n) is 3.39. The van der Waals surface area contributed by atoms with E-state index in [1.54, 1.807) is 4.90 Å². The van der Waals surface area contributed by atoms with Crippen LogP contribution in [0.5, 0.6) is 0 Å². The van der Waals surface area contributed by atoms with E-state index in [-0.39, 0.29) is 6.03 Å². The van der Waals surface area contributed by atoms with Gasteiger partial charge in [0.1, 0.15) is 5.82 Å². The predicted molar refractivity (Wildman–Crippen MR) is 113 cm³/mol. The highest BCUT2D eigenvalue weighted by Gasteiger charge is 2.25. The van der Waals surface area contributed by atoms with Crippen molar-refractivity contribution in [2.45, 2.75) is 38.8 Å². The molecule has 0 fully saturated rings. The van der Waals surface area contributed by atoms with E-state index in [4.69, 9.17) is 0 Å². The Morgan fingerprint density at radius 3 is 2.61 bits per heavy atom. The summed E-state index contributed by atoms with van der Waals surface area (Å²) in [5.74, 6) is 1.56. The summed E-state index contributed by atoms with van der Waals surface area (Å²) in [6.45, 7) is 1.26. The summed E-state index contributed by atoms with van der Waals surface area (Å²) < 4.78 is 3.10. The zero-order valence-corrected chi connectivity index (χ0v) is 17.1. The van der Waals surface area contributed by atoms with Crippen LogP contribution in [0.4, 0.5) is 16.4 Å². The number of nitrogens with one attached hydrogen (secondary N) is 1. The van der Waals surface area contributed by atoms with Crippen molar-refractivity contribution in [2.75, 3.05) is 10.2 Å². The van der Waals surface area contributed by atoms with E-state index in [1.165, 1.54) is 6.42 Å². The van der Waals surface area contributed by atoms with Gasteiger partial charge in [-0.1, -0.05) is 52.7 Å². The Morgan fingerprint density at radius 2 is 1.82 bits per heavy atom. The Labute approximate surface area is 172 Å². The third kappa shape index (κ3) is 4.25. The van der Waals surface area contributed by atoms with Crippen molar-refractivity contribution in [3.8, 4) is 0 Å². The number of carbonyl (C=O) groups is 1. The maximum Gasteiger partial charge on any atom is 0.329 e. The zero-order chi connectivity index (χ0) is 19.3. The quantitative estimate of drug-likeness (QED) is 0.621. The molecule has 1 aliphatic heterocycles. The van der Waals surface area contributed by atoms with Gasteiger partial charge in [0.15, 0.2) is 0 Å². The largest absolute Gasteiger partial charge is 0.329 e. The molecule has 1 N–H and O–H groups in total. The summed E-state index contributed by atoms with van der Waals surface area (Å²) >= 11 is 3.46. The van der Waals surface area contributed by atoms with Crippen molar-refractivity contribution in [2.24, 2.45) is 0 Å². The normalized spacial score (nSPS) is 13.5. The van der Waals surface area contributed by atoms with Crippen LogP contribution in [0.1, 0.15) is 30.7 Å². The van der Waals surface area contributed by atoms with Crippen LogP contribution in [0.25, 0.3) is 0 Å². The average molecular weight is 440 g/mol. The number of para-hydroxylation sites is 1. The first-order valence-corrected chi connectivity index (χ1v) is 10.3. The number of aryl methyl sites for hydroxylation is 1. The van der Waals surface area contributed by atoms with E-state index in [1.807, 2.05) is 54.6 Å². The van der Waals surface area contributed by atoms with Crippen LogP contribution in [-0.2, 0) is 19.5 Å². The molecule has 0 bridgehead atoms. The van der Waals surface area contributed by atoms with Crippen LogP contribution in [0.15, 0.2) is 59.1 Å². The Morgan fingerprint density at radius 1 is 1.04 bits per heavy atom. The summed E-state index contributed by atoms with van der Waals surface area (Å²) in [7, 11) is 0. The lowest BCUT2D eigenvalue weighted by Crippen LogP contribution is -2.36. The summed E-state index contributed by atoms with van der Waals surface area (Å²) in [6, 6.07) is 17.2. The molecule has 0 atom stereocenters. The highest BCUT2D eigenvalue weighted by molar-refractivity contribution is 9.10. The van der Waals surface area contributed by atoms with Gasteiger partial charge < -0.3 is 5.32 Å². The Kier molecular flexibility index (Phi) is 5.71. The fraction of sp³-hybridized carbons (Fsp3) is 0.286. The van der Waals surface area contributed by atoms with E-state index < -0.39 is 0 Å². The highest BCUT2D eigenvalue weighted by atomic mass is 79.9. The number of urea groups is 1. The summed E-state index contributed by atoms with van der Waals surface area (Å²) in [4.78, 5) is 14.9. The van der Waals surface area contributed by atoms with Crippen LogP contribution >= 0.6 is 15.9 Å². The van der Waals surface area contributed by atoms with Crippen molar-refractivity contribution in [3.05, 3.63) is 70.5 Å². The number of hydrogen-bond acceptors (Lipinski definition) is 3. The minimum Gasteiger partial charge on any atom is -0.307 e. The number of fused-ring (bicyclic) bond motifs is 1. The van der Waals surface area contributed by atoms with E-state index in [0.29, 0.717) is 12.5 Å². The summed E-state index contributed by atoms with van der Waals surface area (Å²) in [6.07, 6.45) is 4.26. The lowest BCUT2D eigenvalue weighted by molar-refractivity contribution is 0.256. The second-order valence-electron chi connectivity index (χ2n) is 6.89. The topological polar surface area (TPSA) is 63.1 Å². The minimum atomic E-state index is -0.214. The molecule has 2 aromatic carbocycles. The lowest BCUT2D eigenvalue weighted by Gasteiger charge is -2.23. The smallest absolute Gasteiger partial charge is 0.307 e. The van der Waals surface area contributed by atoms with Crippen LogP contribution < -0.4 is 10.2 Å². The van der Waals surface area contributed by atoms with E-state index in [9.17, 15) is 4.79 Å². The lowest BCUT2D eigenvalue weighted by atomic mass is 10.2. The summed E-state index contributed by atoms with van der Waals surface area (Å²) in [5, 5.41) is 11.7. The third-order valence-corrected chi connectivity index (χ3v) is 5.38. The van der Waals surface area contributed by atoms with Gasteiger partial charge in [-0.05, 0) is 42.7 Å². The minimum absolute atomic E-state index is 0.214. The highest BCUT2D eigenvalue weighted by Crippen LogP contribution is 2.23. The van der Waals surface area contributed by atoms with Crippen molar-refractivity contribution in [1.29, 1.82) is 0 Å². The van der Waals surface area contributed by atoms with Gasteiger partial charge in [-0.25, -0.2) is 4.79 Å². The Hall–Kier alpha value is -2.67. The molecule has 2 amide bonds. The van der Waals surface area contributed by atoms with E-state index >= 15 is 0 Å². The van der Waals surface area contributed by atoms with Gasteiger partial charge in [0, 0.05) is 23.1 Å². The number of amides is 2. The number of aromatic nitrogens is 3. The molecular weight excluding hydrogens is 418 g/mol. The number of rotatable bonds is 4. The van der Waals surface area contributed by atoms with E-state index in [2.05, 4.69) is 36.0 Å². The maximum absolute atomic E-state index is 13.2. The van der Waals surface area contributed by atoms with Crippen molar-refractivity contribution < 1.29 is 4.79 Å². The molecule has 28 heavy (non-hydrogen) atoms. The molecule has 1 aliphatic rings. The predicted octanol–water partition coefficient (Wildman–Crippen LogP) is 5.01. The first-order chi connectivity index (χ1) is 13.7. The van der Waals surface area contributed by atoms with Crippen LogP contribution in [0.2, 0.25) is 0 Å². The van der Waals surface area contributed by atoms with Crippen LogP contribution in [0, 0.1) is 0 Å². The molecule has 2 heterocycles. The molecule has 1 aromatic heterocycles. The van der Waals surface area contributed by atoms with Crippen LogP contribution in [0.3, 0.4) is 0 Å². The third-order valence-electron chi connectivity index (χ3n) is 4.86. The average Bonchev–Trinajstić information content (AvgIpc) is 2.95. The molecule has 7 heteroatoms. The van der Waals surface area contributed by atoms with Gasteiger partial charge in [0.05, 0.1) is 6.54 Å². The van der Waals surface area contributed by atoms with Gasteiger partial charge in [0.2, 0.25) is 5.95 Å². The van der Waals surface area contributed by atoms with Gasteiger partial charge in [0.25, 0.3) is 0 Å². The number of nitrogens with zero attached hydrogens (tertiary/aromatic N) is 4. The second-order valence-corrected chi connectivity index (χ2v) is 7.80. The Bertz CT molecular complexity index is 939. The zero-order valence-electron chi connectivity index (χ0n) is 15.5. The number of benzene rings is 2. The monoisotopic (exact) mass is 439 g/mol. The maximum atomic E-state index is 13.2. The number of anilines is 2. The van der Waals surface area contributed by atoms with Crippen LogP contribution in [-0.4, -0.2) is 20.8 Å². The second kappa shape index (κ2) is 8.56. The molecule has 4 rings (SSSR count). The van der Waals surface area contributed by atoms with Gasteiger partial charge in [-0.2, -0.15) is 0 Å².